The van der Waals surface area contributed by atoms with E-state index in [2.05, 4.69) is 6.07 Å². The van der Waals surface area contributed by atoms with Crippen LogP contribution in [0.25, 0.3) is 0 Å². The molecular formula is C19H23NO4. The van der Waals surface area contributed by atoms with Crippen molar-refractivity contribution in [2.45, 2.75) is 70.7 Å². The Hall–Kier alpha value is -2.06. The van der Waals surface area contributed by atoms with Crippen LogP contribution in [0.4, 0.5) is 0 Å². The van der Waals surface area contributed by atoms with Crippen LogP contribution in [0.2, 0.25) is 0 Å². The van der Waals surface area contributed by atoms with E-state index >= 15 is 0 Å². The SMILES string of the molecule is CC(=O)O[C@]1(C#N)C[C@]2([C@H](C)c3oc(C)cc3C)O[C@@]1(C)C=C2C. The lowest BCUT2D eigenvalue weighted by atomic mass is 9.68. The lowest BCUT2D eigenvalue weighted by Gasteiger charge is -2.36. The quantitative estimate of drug-likeness (QED) is 0.624. The molecule has 0 aromatic carbocycles. The van der Waals surface area contributed by atoms with Crippen LogP contribution in [0.15, 0.2) is 22.1 Å². The number of rotatable bonds is 3. The van der Waals surface area contributed by atoms with Crippen molar-refractivity contribution in [3.05, 3.63) is 34.8 Å². The zero-order valence-electron chi connectivity index (χ0n) is 15.0. The zero-order valence-corrected chi connectivity index (χ0v) is 15.0. The summed E-state index contributed by atoms with van der Waals surface area (Å²) in [6.07, 6.45) is 2.22. The predicted octanol–water partition coefficient (Wildman–Crippen LogP) is 3.70. The molecule has 3 rings (SSSR count). The molecule has 0 spiro atoms. The highest BCUT2D eigenvalue weighted by Gasteiger charge is 2.71. The van der Waals surface area contributed by atoms with E-state index in [0.717, 1.165) is 22.7 Å². The van der Waals surface area contributed by atoms with Gasteiger partial charge in [-0.25, -0.2) is 0 Å². The van der Waals surface area contributed by atoms with Crippen molar-refractivity contribution in [2.75, 3.05) is 0 Å². The Balaban J connectivity index is 2.09. The first-order valence-corrected chi connectivity index (χ1v) is 8.17. The minimum absolute atomic E-state index is 0.102. The lowest BCUT2D eigenvalue weighted by molar-refractivity contribution is -0.161. The average Bonchev–Trinajstić information content (AvgIpc) is 3.03. The van der Waals surface area contributed by atoms with E-state index in [-0.39, 0.29) is 5.92 Å². The number of carbonyl (C=O) groups excluding carboxylic acids is 1. The molecule has 0 N–H and O–H groups in total. The Kier molecular flexibility index (Phi) is 3.47. The van der Waals surface area contributed by atoms with Gasteiger partial charge in [-0.05, 0) is 51.0 Å². The van der Waals surface area contributed by atoms with Gasteiger partial charge in [-0.3, -0.25) is 4.79 Å². The first kappa shape index (κ1) is 16.8. The molecule has 1 aromatic rings. The van der Waals surface area contributed by atoms with Crippen LogP contribution in [0, 0.1) is 25.2 Å². The van der Waals surface area contributed by atoms with Crippen LogP contribution in [0.1, 0.15) is 57.1 Å². The fourth-order valence-corrected chi connectivity index (χ4v) is 4.38. The molecule has 0 unspecified atom stereocenters. The van der Waals surface area contributed by atoms with E-state index in [1.54, 1.807) is 0 Å². The second kappa shape index (κ2) is 4.97. The molecule has 0 saturated carbocycles. The minimum atomic E-state index is -1.32. The summed E-state index contributed by atoms with van der Waals surface area (Å²) in [5, 5.41) is 9.80. The highest BCUT2D eigenvalue weighted by molar-refractivity contribution is 5.68. The molecule has 2 bridgehead atoms. The summed E-state index contributed by atoms with van der Waals surface area (Å²) in [6.45, 7) is 11.1. The largest absolute Gasteiger partial charge is 0.466 e. The minimum Gasteiger partial charge on any atom is -0.466 e. The van der Waals surface area contributed by atoms with Crippen LogP contribution in [-0.2, 0) is 14.3 Å². The van der Waals surface area contributed by atoms with E-state index in [4.69, 9.17) is 13.9 Å². The fourth-order valence-electron chi connectivity index (χ4n) is 4.38. The lowest BCUT2D eigenvalue weighted by Crippen LogP contribution is -2.50. The van der Waals surface area contributed by atoms with Gasteiger partial charge in [-0.15, -0.1) is 0 Å². The van der Waals surface area contributed by atoms with Crippen molar-refractivity contribution in [3.63, 3.8) is 0 Å². The van der Waals surface area contributed by atoms with Gasteiger partial charge in [0.2, 0.25) is 5.60 Å². The van der Waals surface area contributed by atoms with E-state index in [9.17, 15) is 10.1 Å². The number of hydrogen-bond acceptors (Lipinski definition) is 5. The Labute approximate surface area is 142 Å². The number of fused-ring (bicyclic) bond motifs is 2. The Bertz CT molecular complexity index is 786. The Morgan fingerprint density at radius 2 is 2.08 bits per heavy atom. The number of carbonyl (C=O) groups is 1. The van der Waals surface area contributed by atoms with Crippen molar-refractivity contribution in [1.29, 1.82) is 5.26 Å². The van der Waals surface area contributed by atoms with Crippen LogP contribution in [0.5, 0.6) is 0 Å². The second-order valence-electron chi connectivity index (χ2n) is 7.26. The predicted molar refractivity (Wildman–Crippen MR) is 87.3 cm³/mol. The molecular weight excluding hydrogens is 306 g/mol. The molecule has 5 heteroatoms. The van der Waals surface area contributed by atoms with Gasteiger partial charge in [-0.2, -0.15) is 5.26 Å². The summed E-state index contributed by atoms with van der Waals surface area (Å²) in [5.41, 5.74) is -0.886. The van der Waals surface area contributed by atoms with Gasteiger partial charge in [-0.1, -0.05) is 6.92 Å². The first-order valence-electron chi connectivity index (χ1n) is 8.17. The Morgan fingerprint density at radius 1 is 1.42 bits per heavy atom. The molecule has 1 aromatic heterocycles. The summed E-state index contributed by atoms with van der Waals surface area (Å²) < 4.78 is 17.8. The van der Waals surface area contributed by atoms with Gasteiger partial charge in [0.1, 0.15) is 28.8 Å². The van der Waals surface area contributed by atoms with Crippen molar-refractivity contribution in [1.82, 2.24) is 0 Å². The summed E-state index contributed by atoms with van der Waals surface area (Å²) in [7, 11) is 0. The smallest absolute Gasteiger partial charge is 0.304 e. The van der Waals surface area contributed by atoms with Gasteiger partial charge in [0, 0.05) is 19.3 Å². The average molecular weight is 329 g/mol. The van der Waals surface area contributed by atoms with Crippen molar-refractivity contribution >= 4 is 5.97 Å². The molecule has 0 radical (unpaired) electrons. The number of aryl methyl sites for hydroxylation is 2. The van der Waals surface area contributed by atoms with Crippen molar-refractivity contribution in [3.8, 4) is 6.07 Å². The Morgan fingerprint density at radius 3 is 2.58 bits per heavy atom. The van der Waals surface area contributed by atoms with Crippen molar-refractivity contribution < 1.29 is 18.7 Å². The standard InChI is InChI=1S/C19H23NO4/c1-11-7-13(3)22-16(11)14(4)19-9-18(10-20,23-15(5)21)17(6,24-19)8-12(19)2/h7-8,14H,9H2,1-6H3/t14-,17+,18+,19+/m1/s1. The van der Waals surface area contributed by atoms with Gasteiger partial charge < -0.3 is 13.9 Å². The summed E-state index contributed by atoms with van der Waals surface area (Å²) in [5.74, 6) is 1.11. The molecule has 0 aliphatic carbocycles. The second-order valence-corrected chi connectivity index (χ2v) is 7.26. The van der Waals surface area contributed by atoms with Gasteiger partial charge in [0.05, 0.1) is 0 Å². The molecule has 128 valence electrons. The van der Waals surface area contributed by atoms with Gasteiger partial charge in [0.15, 0.2) is 0 Å². The third kappa shape index (κ3) is 1.99. The van der Waals surface area contributed by atoms with E-state index in [1.807, 2.05) is 46.8 Å². The number of ether oxygens (including phenoxy) is 2. The fraction of sp³-hybridized carbons (Fsp3) is 0.579. The van der Waals surface area contributed by atoms with Crippen molar-refractivity contribution in [2.24, 2.45) is 0 Å². The zero-order chi connectivity index (χ0) is 17.9. The molecule has 24 heavy (non-hydrogen) atoms. The number of nitrogens with zero attached hydrogens (tertiary/aromatic N) is 1. The summed E-state index contributed by atoms with van der Waals surface area (Å²) in [6, 6.07) is 4.20. The number of esters is 1. The third-order valence-corrected chi connectivity index (χ3v) is 5.54. The molecule has 1 fully saturated rings. The molecule has 0 amide bonds. The van der Waals surface area contributed by atoms with E-state index in [0.29, 0.717) is 6.42 Å². The molecule has 1 saturated heterocycles. The highest BCUT2D eigenvalue weighted by Crippen LogP contribution is 2.61. The third-order valence-electron chi connectivity index (χ3n) is 5.54. The van der Waals surface area contributed by atoms with Crippen LogP contribution >= 0.6 is 0 Å². The molecule has 4 atom stereocenters. The maximum Gasteiger partial charge on any atom is 0.304 e. The molecule has 2 aliphatic rings. The molecule has 3 heterocycles. The highest BCUT2D eigenvalue weighted by atomic mass is 16.6. The topological polar surface area (TPSA) is 72.5 Å². The van der Waals surface area contributed by atoms with Crippen LogP contribution in [-0.4, -0.2) is 22.8 Å². The maximum absolute atomic E-state index is 11.6. The molecule has 2 aliphatic heterocycles. The number of hydrogen-bond donors (Lipinski definition) is 0. The molecule has 5 nitrogen and oxygen atoms in total. The normalized spacial score (nSPS) is 35.5. The van der Waals surface area contributed by atoms with E-state index in [1.165, 1.54) is 6.92 Å². The number of nitriles is 1. The summed E-state index contributed by atoms with van der Waals surface area (Å²) >= 11 is 0. The summed E-state index contributed by atoms with van der Waals surface area (Å²) in [4.78, 5) is 11.6. The van der Waals surface area contributed by atoms with Gasteiger partial charge >= 0.3 is 5.97 Å². The maximum atomic E-state index is 11.6. The number of furan rings is 1. The van der Waals surface area contributed by atoms with E-state index < -0.39 is 22.8 Å². The van der Waals surface area contributed by atoms with Crippen LogP contribution < -0.4 is 0 Å². The van der Waals surface area contributed by atoms with Gasteiger partial charge in [0.25, 0.3) is 0 Å². The monoisotopic (exact) mass is 329 g/mol. The first-order chi connectivity index (χ1) is 11.1. The van der Waals surface area contributed by atoms with Crippen LogP contribution in [0.3, 0.4) is 0 Å².